The van der Waals surface area contributed by atoms with E-state index < -0.39 is 0 Å². The van der Waals surface area contributed by atoms with Crippen LogP contribution in [0.15, 0.2) is 23.5 Å². The summed E-state index contributed by atoms with van der Waals surface area (Å²) in [5.74, 6) is 1.42. The Kier molecular flexibility index (Phi) is 4.20. The lowest BCUT2D eigenvalue weighted by Crippen LogP contribution is -2.32. The van der Waals surface area contributed by atoms with Gasteiger partial charge in [0.2, 0.25) is 0 Å². The third-order valence-electron chi connectivity index (χ3n) is 9.66. The highest BCUT2D eigenvalue weighted by atomic mass is 16.1. The molecule has 0 aromatic heterocycles. The summed E-state index contributed by atoms with van der Waals surface area (Å²) < 4.78 is 0. The van der Waals surface area contributed by atoms with E-state index in [2.05, 4.69) is 52.2 Å². The van der Waals surface area contributed by atoms with E-state index in [9.17, 15) is 9.59 Å². The van der Waals surface area contributed by atoms with Gasteiger partial charge >= 0.3 is 0 Å². The lowest BCUT2D eigenvalue weighted by Gasteiger charge is -2.31. The number of hydrogen-bond acceptors (Lipinski definition) is 4. The highest BCUT2D eigenvalue weighted by molar-refractivity contribution is 6.05. The maximum atomic E-state index is 12.8. The number of rotatable bonds is 5. The molecule has 0 saturated heterocycles. The van der Waals surface area contributed by atoms with Gasteiger partial charge in [0.05, 0.1) is 0 Å². The molecule has 4 nitrogen and oxygen atoms in total. The molecule has 4 rings (SSSR count). The van der Waals surface area contributed by atoms with Gasteiger partial charge in [0.25, 0.3) is 0 Å². The zero-order valence-corrected chi connectivity index (χ0v) is 18.4. The monoisotopic (exact) mass is 384 g/mol. The number of fused-ring (bicyclic) bond motifs is 4. The van der Waals surface area contributed by atoms with E-state index in [1.807, 2.05) is 12.4 Å². The molecule has 28 heavy (non-hydrogen) atoms. The second-order valence-electron chi connectivity index (χ2n) is 11.1. The molecule has 154 valence electrons. The number of carbonyl (C=O) groups excluding carboxylic acids is 2. The number of Topliss-reactive ketones (excluding diaryl/α,β-unsaturated/α-hetero) is 2. The Labute approximate surface area is 169 Å². The summed E-state index contributed by atoms with van der Waals surface area (Å²) in [5.41, 5.74) is 1.69. The Morgan fingerprint density at radius 1 is 0.750 bits per heavy atom. The Hall–Kier alpha value is -1.58. The quantitative estimate of drug-likeness (QED) is 0.556. The van der Waals surface area contributed by atoms with Gasteiger partial charge in [-0.05, 0) is 48.3 Å². The molecule has 4 unspecified atom stereocenters. The van der Waals surface area contributed by atoms with Gasteiger partial charge in [0, 0.05) is 47.5 Å². The van der Waals surface area contributed by atoms with E-state index in [1.54, 1.807) is 0 Å². The molecule has 0 amide bonds. The van der Waals surface area contributed by atoms with Crippen molar-refractivity contribution in [3.05, 3.63) is 23.5 Å². The molecule has 0 aromatic rings. The Balaban J connectivity index is 1.32. The van der Waals surface area contributed by atoms with Crippen LogP contribution in [0.1, 0.15) is 67.2 Å². The molecule has 4 aliphatic carbocycles. The molecule has 4 bridgehead atoms. The number of carbonyl (C=O) groups is 2. The first-order chi connectivity index (χ1) is 13.0. The summed E-state index contributed by atoms with van der Waals surface area (Å²) in [5, 5.41) is 6.66. The second-order valence-corrected chi connectivity index (χ2v) is 11.1. The van der Waals surface area contributed by atoms with Gasteiger partial charge in [-0.2, -0.15) is 0 Å². The zero-order valence-electron chi connectivity index (χ0n) is 18.4. The third-order valence-corrected chi connectivity index (χ3v) is 9.66. The first-order valence-corrected chi connectivity index (χ1v) is 10.9. The van der Waals surface area contributed by atoms with Crippen LogP contribution in [0.25, 0.3) is 0 Å². The van der Waals surface area contributed by atoms with Crippen molar-refractivity contribution in [2.75, 3.05) is 13.1 Å². The minimum atomic E-state index is -0.196. The van der Waals surface area contributed by atoms with E-state index >= 15 is 0 Å². The maximum absolute atomic E-state index is 12.8. The Morgan fingerprint density at radius 2 is 1.11 bits per heavy atom. The smallest absolute Gasteiger partial charge is 0.167 e. The summed E-state index contributed by atoms with van der Waals surface area (Å²) in [4.78, 5) is 25.7. The minimum absolute atomic E-state index is 0.0608. The average molecular weight is 385 g/mol. The van der Waals surface area contributed by atoms with Crippen molar-refractivity contribution in [2.24, 2.45) is 33.5 Å². The molecule has 0 aromatic carbocycles. The first-order valence-electron chi connectivity index (χ1n) is 10.9. The maximum Gasteiger partial charge on any atom is 0.167 e. The van der Waals surface area contributed by atoms with Gasteiger partial charge in [-0.1, -0.05) is 41.5 Å². The topological polar surface area (TPSA) is 58.2 Å². The molecule has 0 radical (unpaired) electrons. The van der Waals surface area contributed by atoms with E-state index in [-0.39, 0.29) is 21.7 Å². The van der Waals surface area contributed by atoms with E-state index in [0.29, 0.717) is 23.4 Å². The average Bonchev–Trinajstić information content (AvgIpc) is 3.10. The third kappa shape index (κ3) is 2.23. The van der Waals surface area contributed by atoms with Crippen molar-refractivity contribution in [1.29, 1.82) is 0 Å². The van der Waals surface area contributed by atoms with Crippen LogP contribution in [-0.4, -0.2) is 24.7 Å². The van der Waals surface area contributed by atoms with Crippen molar-refractivity contribution < 1.29 is 9.59 Å². The van der Waals surface area contributed by atoms with E-state index in [0.717, 1.165) is 49.9 Å². The highest BCUT2D eigenvalue weighted by Crippen LogP contribution is 2.66. The number of hydrogen-bond donors (Lipinski definition) is 2. The van der Waals surface area contributed by atoms with Crippen LogP contribution in [0.4, 0.5) is 0 Å². The largest absolute Gasteiger partial charge is 0.389 e. The van der Waals surface area contributed by atoms with Crippen LogP contribution in [0.3, 0.4) is 0 Å². The van der Waals surface area contributed by atoms with E-state index in [4.69, 9.17) is 0 Å². The van der Waals surface area contributed by atoms with Gasteiger partial charge in [0.1, 0.15) is 0 Å². The lowest BCUT2D eigenvalue weighted by atomic mass is 9.70. The zero-order chi connectivity index (χ0) is 20.5. The van der Waals surface area contributed by atoms with Crippen molar-refractivity contribution in [1.82, 2.24) is 10.6 Å². The predicted molar refractivity (Wildman–Crippen MR) is 111 cm³/mol. The fourth-order valence-electron chi connectivity index (χ4n) is 6.70. The van der Waals surface area contributed by atoms with E-state index in [1.165, 1.54) is 0 Å². The molecule has 0 heterocycles. The van der Waals surface area contributed by atoms with Crippen molar-refractivity contribution in [3.63, 3.8) is 0 Å². The normalized spacial score (nSPS) is 42.8. The number of ketones is 2. The summed E-state index contributed by atoms with van der Waals surface area (Å²) in [6.07, 6.45) is 8.18. The molecule has 4 saturated carbocycles. The summed E-state index contributed by atoms with van der Waals surface area (Å²) >= 11 is 0. The molecule has 4 aliphatic rings. The van der Waals surface area contributed by atoms with Crippen molar-refractivity contribution in [2.45, 2.75) is 67.2 Å². The van der Waals surface area contributed by atoms with Crippen LogP contribution in [0, 0.1) is 33.5 Å². The summed E-state index contributed by atoms with van der Waals surface area (Å²) in [6.45, 7) is 14.7. The van der Waals surface area contributed by atoms with Crippen LogP contribution in [0.2, 0.25) is 0 Å². The molecule has 4 fully saturated rings. The molecular formula is C24H36N2O2. The van der Waals surface area contributed by atoms with Crippen LogP contribution in [0.5, 0.6) is 0 Å². The predicted octanol–water partition coefficient (Wildman–Crippen LogP) is 3.98. The lowest BCUT2D eigenvalue weighted by molar-refractivity contribution is -0.126. The van der Waals surface area contributed by atoms with Gasteiger partial charge in [-0.25, -0.2) is 0 Å². The van der Waals surface area contributed by atoms with Gasteiger partial charge < -0.3 is 10.6 Å². The molecule has 0 aliphatic heterocycles. The van der Waals surface area contributed by atoms with Crippen LogP contribution >= 0.6 is 0 Å². The van der Waals surface area contributed by atoms with Gasteiger partial charge in [-0.15, -0.1) is 0 Å². The first kappa shape index (κ1) is 19.7. The van der Waals surface area contributed by atoms with Gasteiger partial charge in [0.15, 0.2) is 11.6 Å². The second kappa shape index (κ2) is 5.96. The number of allylic oxidation sites excluding steroid dienone is 2. The van der Waals surface area contributed by atoms with Gasteiger partial charge in [-0.3, -0.25) is 9.59 Å². The molecule has 2 N–H and O–H groups in total. The van der Waals surface area contributed by atoms with Crippen molar-refractivity contribution in [3.8, 4) is 0 Å². The van der Waals surface area contributed by atoms with Crippen LogP contribution in [-0.2, 0) is 9.59 Å². The molecular weight excluding hydrogens is 348 g/mol. The molecule has 0 spiro atoms. The number of nitrogens with one attached hydrogen (secondary N) is 2. The molecule has 4 heteroatoms. The SMILES string of the molecule is CC12CCC(C(=CNCCNC=C3C(=O)C4(C)CCC3C4(C)C)C1=O)C2(C)C. The van der Waals surface area contributed by atoms with Crippen molar-refractivity contribution >= 4 is 11.6 Å². The highest BCUT2D eigenvalue weighted by Gasteiger charge is 2.64. The molecule has 4 atom stereocenters. The van der Waals surface area contributed by atoms with Crippen LogP contribution < -0.4 is 10.6 Å². The fourth-order valence-corrected chi connectivity index (χ4v) is 6.70. The summed E-state index contributed by atoms with van der Waals surface area (Å²) in [6, 6.07) is 0. The Bertz CT molecular complexity index is 724. The summed E-state index contributed by atoms with van der Waals surface area (Å²) in [7, 11) is 0. The Morgan fingerprint density at radius 3 is 1.39 bits per heavy atom. The minimum Gasteiger partial charge on any atom is -0.389 e. The fraction of sp³-hybridized carbons (Fsp3) is 0.750. The standard InChI is InChI=1S/C24H36N2O2/c1-21(2)17-7-9-23(21,5)19(27)15(17)13-25-11-12-26-14-16-18-8-10-24(6,20(16)28)22(18,3)4/h13-14,17-18,25-26H,7-12H2,1-6H3.